The minimum absolute atomic E-state index is 0.0858. The van der Waals surface area contributed by atoms with Crippen LogP contribution in [0.3, 0.4) is 0 Å². The smallest absolute Gasteiger partial charge is 0.271 e. The van der Waals surface area contributed by atoms with Crippen LogP contribution in [0.1, 0.15) is 12.5 Å². The van der Waals surface area contributed by atoms with Crippen molar-refractivity contribution in [3.05, 3.63) is 68.7 Å². The maximum atomic E-state index is 10.8. The molecule has 0 bridgehead atoms. The van der Waals surface area contributed by atoms with Crippen molar-refractivity contribution in [1.29, 1.82) is 0 Å². The molecule has 0 aromatic heterocycles. The summed E-state index contributed by atoms with van der Waals surface area (Å²) >= 11 is 3.41. The Morgan fingerprint density at radius 1 is 1.25 bits per heavy atom. The van der Waals surface area contributed by atoms with Gasteiger partial charge in [0.25, 0.3) is 5.69 Å². The number of nitrogens with one attached hydrogen (secondary N) is 1. The minimum Gasteiger partial charge on any atom is -0.381 e. The first-order valence-electron chi connectivity index (χ1n) is 6.30. The van der Waals surface area contributed by atoms with Crippen molar-refractivity contribution in [3.63, 3.8) is 0 Å². The van der Waals surface area contributed by atoms with Gasteiger partial charge in [0.05, 0.1) is 10.6 Å². The Bertz CT molecular complexity index is 602. The van der Waals surface area contributed by atoms with Crippen LogP contribution in [0, 0.1) is 10.1 Å². The minimum atomic E-state index is -0.389. The van der Waals surface area contributed by atoms with Crippen LogP contribution >= 0.6 is 15.9 Å². The summed E-state index contributed by atoms with van der Waals surface area (Å²) in [5.41, 5.74) is 2.05. The van der Waals surface area contributed by atoms with Gasteiger partial charge in [-0.1, -0.05) is 30.3 Å². The summed E-state index contributed by atoms with van der Waals surface area (Å²) in [4.78, 5) is 10.4. The van der Waals surface area contributed by atoms with Gasteiger partial charge in [0.1, 0.15) is 0 Å². The summed E-state index contributed by atoms with van der Waals surface area (Å²) in [5, 5.41) is 14.1. The lowest BCUT2D eigenvalue weighted by atomic mass is 10.1. The highest BCUT2D eigenvalue weighted by molar-refractivity contribution is 9.10. The monoisotopic (exact) mass is 334 g/mol. The van der Waals surface area contributed by atoms with Crippen molar-refractivity contribution in [2.24, 2.45) is 0 Å². The van der Waals surface area contributed by atoms with Gasteiger partial charge in [-0.25, -0.2) is 0 Å². The second-order valence-electron chi connectivity index (χ2n) is 4.66. The third-order valence-corrected chi connectivity index (χ3v) is 3.64. The van der Waals surface area contributed by atoms with Crippen molar-refractivity contribution >= 4 is 27.3 Å². The van der Waals surface area contributed by atoms with E-state index in [1.807, 2.05) is 18.2 Å². The van der Waals surface area contributed by atoms with E-state index < -0.39 is 0 Å². The quantitative estimate of drug-likeness (QED) is 0.651. The first kappa shape index (κ1) is 14.5. The van der Waals surface area contributed by atoms with Gasteiger partial charge in [0, 0.05) is 22.6 Å². The third kappa shape index (κ3) is 3.81. The van der Waals surface area contributed by atoms with Crippen LogP contribution in [0.2, 0.25) is 0 Å². The number of hydrogen-bond acceptors (Lipinski definition) is 3. The molecule has 4 nitrogen and oxygen atoms in total. The molecule has 2 aromatic carbocycles. The molecule has 0 amide bonds. The number of nitro benzene ring substituents is 1. The molecule has 20 heavy (non-hydrogen) atoms. The Balaban J connectivity index is 2.09. The predicted molar refractivity (Wildman–Crippen MR) is 84.0 cm³/mol. The van der Waals surface area contributed by atoms with E-state index in [-0.39, 0.29) is 16.7 Å². The van der Waals surface area contributed by atoms with Gasteiger partial charge in [-0.05, 0) is 40.9 Å². The summed E-state index contributed by atoms with van der Waals surface area (Å²) in [6, 6.07) is 15.0. The van der Waals surface area contributed by atoms with Crippen LogP contribution in [0.15, 0.2) is 53.0 Å². The number of nitrogens with zero attached hydrogens (tertiary/aromatic N) is 1. The molecule has 1 unspecified atom stereocenters. The molecule has 0 radical (unpaired) electrons. The largest absolute Gasteiger partial charge is 0.381 e. The topological polar surface area (TPSA) is 55.2 Å². The van der Waals surface area contributed by atoms with Crippen molar-refractivity contribution in [1.82, 2.24) is 0 Å². The zero-order valence-electron chi connectivity index (χ0n) is 11.0. The van der Waals surface area contributed by atoms with Crippen molar-refractivity contribution in [2.45, 2.75) is 19.4 Å². The van der Waals surface area contributed by atoms with Crippen molar-refractivity contribution in [2.75, 3.05) is 5.32 Å². The molecule has 2 rings (SSSR count). The van der Waals surface area contributed by atoms with Gasteiger partial charge in [-0.3, -0.25) is 10.1 Å². The molecular weight excluding hydrogens is 320 g/mol. The number of benzene rings is 2. The number of halogens is 1. The van der Waals surface area contributed by atoms with Gasteiger partial charge in [0.2, 0.25) is 0 Å². The van der Waals surface area contributed by atoms with E-state index >= 15 is 0 Å². The average Bonchev–Trinajstić information content (AvgIpc) is 2.42. The number of nitro groups is 1. The van der Waals surface area contributed by atoms with E-state index in [4.69, 9.17) is 0 Å². The van der Waals surface area contributed by atoms with Gasteiger partial charge >= 0.3 is 0 Å². The fourth-order valence-electron chi connectivity index (χ4n) is 2.02. The second kappa shape index (κ2) is 6.52. The van der Waals surface area contributed by atoms with Gasteiger partial charge < -0.3 is 5.32 Å². The van der Waals surface area contributed by atoms with Crippen LogP contribution in [0.5, 0.6) is 0 Å². The van der Waals surface area contributed by atoms with Crippen LogP contribution in [0.25, 0.3) is 0 Å². The molecule has 0 heterocycles. The lowest BCUT2D eigenvalue weighted by molar-refractivity contribution is -0.384. The maximum Gasteiger partial charge on any atom is 0.271 e. The van der Waals surface area contributed by atoms with Crippen LogP contribution < -0.4 is 5.32 Å². The van der Waals surface area contributed by atoms with E-state index in [2.05, 4.69) is 40.3 Å². The standard InChI is InChI=1S/C15H15BrN2O2/c1-11(9-12-5-3-2-4-6-12)17-15-10-13(18(19)20)7-8-14(15)16/h2-8,10-11,17H,9H2,1H3. The van der Waals surface area contributed by atoms with E-state index in [0.717, 1.165) is 16.6 Å². The third-order valence-electron chi connectivity index (χ3n) is 2.95. The summed E-state index contributed by atoms with van der Waals surface area (Å²) in [7, 11) is 0. The molecule has 1 N–H and O–H groups in total. The van der Waals surface area contributed by atoms with E-state index in [0.29, 0.717) is 0 Å². The Morgan fingerprint density at radius 2 is 1.95 bits per heavy atom. The van der Waals surface area contributed by atoms with Crippen LogP contribution in [-0.2, 0) is 6.42 Å². The molecule has 1 atom stereocenters. The Kier molecular flexibility index (Phi) is 4.74. The van der Waals surface area contributed by atoms with E-state index in [1.54, 1.807) is 12.1 Å². The fourth-order valence-corrected chi connectivity index (χ4v) is 2.38. The summed E-state index contributed by atoms with van der Waals surface area (Å²) in [6.07, 6.45) is 0.857. The summed E-state index contributed by atoms with van der Waals surface area (Å²) in [5.74, 6) is 0. The molecule has 5 heteroatoms. The highest BCUT2D eigenvalue weighted by atomic mass is 79.9. The van der Waals surface area contributed by atoms with E-state index in [9.17, 15) is 10.1 Å². The van der Waals surface area contributed by atoms with Crippen LogP contribution in [-0.4, -0.2) is 11.0 Å². The van der Waals surface area contributed by atoms with Gasteiger partial charge in [-0.2, -0.15) is 0 Å². The van der Waals surface area contributed by atoms with Gasteiger partial charge in [0.15, 0.2) is 0 Å². The van der Waals surface area contributed by atoms with Crippen molar-refractivity contribution < 1.29 is 4.92 Å². The molecule has 104 valence electrons. The normalized spacial score (nSPS) is 11.9. The summed E-state index contributed by atoms with van der Waals surface area (Å²) in [6.45, 7) is 2.05. The molecule has 0 saturated carbocycles. The Labute approximate surface area is 126 Å². The Morgan fingerprint density at radius 3 is 2.60 bits per heavy atom. The zero-order valence-corrected chi connectivity index (χ0v) is 12.6. The Hall–Kier alpha value is -1.88. The number of anilines is 1. The number of non-ortho nitro benzene ring substituents is 1. The highest BCUT2D eigenvalue weighted by Crippen LogP contribution is 2.28. The zero-order chi connectivity index (χ0) is 14.5. The van der Waals surface area contributed by atoms with Crippen molar-refractivity contribution in [3.8, 4) is 0 Å². The predicted octanol–water partition coefficient (Wildman–Crippen LogP) is 4.40. The lowest BCUT2D eigenvalue weighted by Crippen LogP contribution is -2.18. The van der Waals surface area contributed by atoms with Gasteiger partial charge in [-0.15, -0.1) is 0 Å². The molecular formula is C15H15BrN2O2. The molecule has 0 fully saturated rings. The number of rotatable bonds is 5. The molecule has 0 spiro atoms. The number of hydrogen-bond donors (Lipinski definition) is 1. The molecule has 0 aliphatic heterocycles. The lowest BCUT2D eigenvalue weighted by Gasteiger charge is -2.16. The molecule has 0 saturated heterocycles. The van der Waals surface area contributed by atoms with Crippen LogP contribution in [0.4, 0.5) is 11.4 Å². The molecule has 0 aliphatic rings. The fraction of sp³-hybridized carbons (Fsp3) is 0.200. The molecule has 2 aromatic rings. The summed E-state index contributed by atoms with van der Waals surface area (Å²) < 4.78 is 0.822. The SMILES string of the molecule is CC(Cc1ccccc1)Nc1cc([N+](=O)[O-])ccc1Br. The maximum absolute atomic E-state index is 10.8. The first-order valence-corrected chi connectivity index (χ1v) is 7.10. The second-order valence-corrected chi connectivity index (χ2v) is 5.51. The first-order chi connectivity index (χ1) is 9.56. The van der Waals surface area contributed by atoms with E-state index in [1.165, 1.54) is 11.6 Å². The highest BCUT2D eigenvalue weighted by Gasteiger charge is 2.11. The average molecular weight is 335 g/mol. The molecule has 0 aliphatic carbocycles.